The second-order valence-corrected chi connectivity index (χ2v) is 13.1. The number of methoxy groups -OCH3 is 1. The molecule has 0 radical (unpaired) electrons. The summed E-state index contributed by atoms with van der Waals surface area (Å²) in [5.74, 6) is 0.685. The normalized spacial score (nSPS) is 32.5. The molecule has 6 rings (SSSR count). The Balaban J connectivity index is 1.44. The van der Waals surface area contributed by atoms with Crippen molar-refractivity contribution >= 4 is 23.3 Å². The van der Waals surface area contributed by atoms with Gasteiger partial charge < -0.3 is 24.6 Å². The lowest BCUT2D eigenvalue weighted by molar-refractivity contribution is -0.164. The Labute approximate surface area is 248 Å². The minimum absolute atomic E-state index is 0.214. The van der Waals surface area contributed by atoms with E-state index in [0.717, 1.165) is 80.9 Å². The van der Waals surface area contributed by atoms with Gasteiger partial charge in [-0.2, -0.15) is 0 Å². The van der Waals surface area contributed by atoms with E-state index in [1.165, 1.54) is 18.2 Å². The average molecular weight is 580 g/mol. The Kier molecular flexibility index (Phi) is 8.10. The number of esters is 1. The number of halogens is 1. The summed E-state index contributed by atoms with van der Waals surface area (Å²) in [6.07, 6.45) is 12.4. The van der Waals surface area contributed by atoms with E-state index in [9.17, 15) is 15.0 Å². The van der Waals surface area contributed by atoms with Gasteiger partial charge in [0.05, 0.1) is 25.5 Å². The lowest BCUT2D eigenvalue weighted by Gasteiger charge is -2.45. The van der Waals surface area contributed by atoms with Gasteiger partial charge in [0.1, 0.15) is 5.75 Å². The van der Waals surface area contributed by atoms with Gasteiger partial charge in [0.15, 0.2) is 5.60 Å². The van der Waals surface area contributed by atoms with Crippen LogP contribution < -0.4 is 9.64 Å². The van der Waals surface area contributed by atoms with Crippen molar-refractivity contribution in [2.24, 2.45) is 11.8 Å². The Morgan fingerprint density at radius 1 is 1.10 bits per heavy atom. The first-order chi connectivity index (χ1) is 19.8. The molecule has 5 atom stereocenters. The molecule has 1 fully saturated rings. The van der Waals surface area contributed by atoms with Crippen molar-refractivity contribution in [3.05, 3.63) is 70.3 Å². The summed E-state index contributed by atoms with van der Waals surface area (Å²) in [5, 5.41) is 23.6. The molecule has 2 aromatic carbocycles. The van der Waals surface area contributed by atoms with Crippen molar-refractivity contribution < 1.29 is 24.5 Å². The van der Waals surface area contributed by atoms with E-state index < -0.39 is 17.7 Å². The highest BCUT2D eigenvalue weighted by Gasteiger charge is 2.45. The maximum atomic E-state index is 13.0. The summed E-state index contributed by atoms with van der Waals surface area (Å²) in [4.78, 5) is 15.4. The molecule has 2 bridgehead atoms. The molecule has 2 aliphatic carbocycles. The van der Waals surface area contributed by atoms with Crippen LogP contribution in [0, 0.1) is 11.8 Å². The van der Waals surface area contributed by atoms with Crippen LogP contribution in [-0.4, -0.2) is 49.1 Å². The van der Waals surface area contributed by atoms with Crippen LogP contribution in [0.15, 0.2) is 48.6 Å². The molecule has 2 aromatic rings. The third kappa shape index (κ3) is 5.39. The number of aliphatic hydroxyl groups excluding tert-OH is 1. The molecule has 1 spiro atoms. The van der Waals surface area contributed by atoms with Gasteiger partial charge in [-0.3, -0.25) is 0 Å². The first-order valence-corrected chi connectivity index (χ1v) is 15.7. The van der Waals surface area contributed by atoms with E-state index in [0.29, 0.717) is 24.5 Å². The summed E-state index contributed by atoms with van der Waals surface area (Å²) in [6.45, 7) is 2.08. The minimum atomic E-state index is -1.73. The number of hydrogen-bond acceptors (Lipinski definition) is 6. The number of hydrogen-bond donors (Lipinski definition) is 2. The molecule has 7 heteroatoms. The SMILES string of the molecule is COC(=O)[C@@]1(O)CCCCC/C=C/[C@H](O)[C@@H]2CC[C@H]2CN2C[C@@]3(CCCc4cc(Cl)ccc43)COc3ccc1cc32. The molecule has 0 unspecified atom stereocenters. The highest BCUT2D eigenvalue weighted by Crippen LogP contribution is 2.47. The van der Waals surface area contributed by atoms with Gasteiger partial charge in [0.25, 0.3) is 0 Å². The van der Waals surface area contributed by atoms with Crippen LogP contribution in [0.25, 0.3) is 0 Å². The lowest BCUT2D eigenvalue weighted by atomic mass is 9.68. The standard InChI is InChI=1S/C34H42ClNO5/c1-40-32(38)34(39)17-6-4-2-3-5-9-30(37)27-13-10-24(27)20-36-21-33(22-41-31-15-11-25(34)19-29(31)36)16-7-8-23-18-26(35)12-14-28(23)33/h5,9,11-12,14-15,18-19,24,27,30,37,39H,2-4,6-8,10,13,16-17,20-22H2,1H3/b9-5+/t24-,27+,30-,33-,34+/m0/s1. The number of rotatable bonds is 1. The molecule has 2 heterocycles. The van der Waals surface area contributed by atoms with Crippen LogP contribution in [0.1, 0.15) is 74.5 Å². The maximum absolute atomic E-state index is 13.0. The van der Waals surface area contributed by atoms with Gasteiger partial charge in [-0.1, -0.05) is 42.3 Å². The Hall–Kier alpha value is -2.54. The number of ether oxygens (including phenoxy) is 2. The molecule has 0 amide bonds. The molecular weight excluding hydrogens is 538 g/mol. The summed E-state index contributed by atoms with van der Waals surface area (Å²) < 4.78 is 11.7. The maximum Gasteiger partial charge on any atom is 0.342 e. The van der Waals surface area contributed by atoms with Crippen LogP contribution in [0.3, 0.4) is 0 Å². The smallest absolute Gasteiger partial charge is 0.342 e. The van der Waals surface area contributed by atoms with E-state index in [-0.39, 0.29) is 17.8 Å². The summed E-state index contributed by atoms with van der Waals surface area (Å²) in [5.41, 5.74) is 2.08. The average Bonchev–Trinajstić information content (AvgIpc) is 3.10. The molecule has 220 valence electrons. The number of aliphatic hydroxyl groups is 2. The van der Waals surface area contributed by atoms with Crippen molar-refractivity contribution in [3.63, 3.8) is 0 Å². The number of fused-ring (bicyclic) bond motifs is 4. The first kappa shape index (κ1) is 28.6. The zero-order valence-electron chi connectivity index (χ0n) is 24.0. The third-order valence-corrected chi connectivity index (χ3v) is 10.4. The number of carbonyl (C=O) groups is 1. The lowest BCUT2D eigenvalue weighted by Crippen LogP contribution is -2.49. The molecule has 6 nitrogen and oxygen atoms in total. The molecule has 1 saturated carbocycles. The van der Waals surface area contributed by atoms with E-state index in [2.05, 4.69) is 23.1 Å². The second kappa shape index (κ2) is 11.6. The van der Waals surface area contributed by atoms with Gasteiger partial charge >= 0.3 is 5.97 Å². The first-order valence-electron chi connectivity index (χ1n) is 15.3. The zero-order chi connectivity index (χ0) is 28.6. The molecule has 41 heavy (non-hydrogen) atoms. The van der Waals surface area contributed by atoms with Gasteiger partial charge in [-0.25, -0.2) is 4.79 Å². The molecule has 2 aliphatic heterocycles. The van der Waals surface area contributed by atoms with Gasteiger partial charge in [-0.15, -0.1) is 0 Å². The molecule has 4 aliphatic rings. The molecule has 0 aromatic heterocycles. The number of carbonyl (C=O) groups excluding carboxylic acids is 1. The van der Waals surface area contributed by atoms with Crippen molar-refractivity contribution in [1.82, 2.24) is 0 Å². The predicted octanol–water partition coefficient (Wildman–Crippen LogP) is 6.08. The van der Waals surface area contributed by atoms with Gasteiger partial charge in [0.2, 0.25) is 0 Å². The second-order valence-electron chi connectivity index (χ2n) is 12.7. The monoisotopic (exact) mass is 579 g/mol. The summed E-state index contributed by atoms with van der Waals surface area (Å²) in [6, 6.07) is 11.9. The van der Waals surface area contributed by atoms with Crippen LogP contribution in [-0.2, 0) is 27.0 Å². The van der Waals surface area contributed by atoms with Crippen molar-refractivity contribution in [1.29, 1.82) is 0 Å². The molecular formula is C34H42ClNO5. The number of nitrogens with zero attached hydrogens (tertiary/aromatic N) is 1. The van der Waals surface area contributed by atoms with Crippen molar-refractivity contribution in [3.8, 4) is 5.75 Å². The highest BCUT2D eigenvalue weighted by molar-refractivity contribution is 6.30. The number of aryl methyl sites for hydroxylation is 1. The number of benzene rings is 2. The van der Waals surface area contributed by atoms with Gasteiger partial charge in [0, 0.05) is 23.5 Å². The number of anilines is 1. The zero-order valence-corrected chi connectivity index (χ0v) is 24.7. The van der Waals surface area contributed by atoms with Crippen LogP contribution in [0.4, 0.5) is 5.69 Å². The van der Waals surface area contributed by atoms with Crippen LogP contribution in [0.2, 0.25) is 5.02 Å². The fraction of sp³-hybridized carbons (Fsp3) is 0.559. The topological polar surface area (TPSA) is 79.2 Å². The highest BCUT2D eigenvalue weighted by atomic mass is 35.5. The van der Waals surface area contributed by atoms with Crippen LogP contribution in [0.5, 0.6) is 5.75 Å². The van der Waals surface area contributed by atoms with E-state index in [1.54, 1.807) is 0 Å². The Morgan fingerprint density at radius 2 is 1.98 bits per heavy atom. The Morgan fingerprint density at radius 3 is 2.78 bits per heavy atom. The minimum Gasteiger partial charge on any atom is -0.490 e. The van der Waals surface area contributed by atoms with Crippen molar-refractivity contribution in [2.45, 2.75) is 81.3 Å². The van der Waals surface area contributed by atoms with Gasteiger partial charge in [-0.05, 0) is 111 Å². The Bertz CT molecular complexity index is 1310. The fourth-order valence-electron chi connectivity index (χ4n) is 7.66. The van der Waals surface area contributed by atoms with E-state index >= 15 is 0 Å². The van der Waals surface area contributed by atoms with E-state index in [4.69, 9.17) is 21.1 Å². The largest absolute Gasteiger partial charge is 0.490 e. The number of allylic oxidation sites excluding steroid dienone is 1. The quantitative estimate of drug-likeness (QED) is 0.315. The van der Waals surface area contributed by atoms with E-state index in [1.807, 2.05) is 30.3 Å². The summed E-state index contributed by atoms with van der Waals surface area (Å²) >= 11 is 6.41. The molecule has 2 N–H and O–H groups in total. The van der Waals surface area contributed by atoms with Crippen LogP contribution >= 0.6 is 11.6 Å². The van der Waals surface area contributed by atoms with Crippen molar-refractivity contribution in [2.75, 3.05) is 31.7 Å². The molecule has 0 saturated heterocycles. The summed E-state index contributed by atoms with van der Waals surface area (Å²) in [7, 11) is 1.33. The predicted molar refractivity (Wildman–Crippen MR) is 161 cm³/mol. The fourth-order valence-corrected chi connectivity index (χ4v) is 7.85. The third-order valence-electron chi connectivity index (χ3n) is 10.2.